The molecule has 0 aromatic carbocycles. The number of carbonyl (C=O) groups excluding carboxylic acids is 1. The lowest BCUT2D eigenvalue weighted by Gasteiger charge is -2.30. The minimum absolute atomic E-state index is 0.0235. The Kier molecular flexibility index (Phi) is 3.96. The molecule has 1 fully saturated rings. The van der Waals surface area contributed by atoms with E-state index in [-0.39, 0.29) is 18.1 Å². The number of rotatable bonds is 3. The van der Waals surface area contributed by atoms with Gasteiger partial charge in [0.1, 0.15) is 5.69 Å². The van der Waals surface area contributed by atoms with E-state index < -0.39 is 0 Å². The molecule has 3 aromatic heterocycles. The normalized spacial score (nSPS) is 20.8. The Morgan fingerprint density at radius 3 is 3.00 bits per heavy atom. The lowest BCUT2D eigenvalue weighted by molar-refractivity contribution is 0.000694. The van der Waals surface area contributed by atoms with E-state index in [2.05, 4.69) is 20.3 Å². The molecular formula is C18H18N4O2. The van der Waals surface area contributed by atoms with Gasteiger partial charge in [0, 0.05) is 48.3 Å². The topological polar surface area (TPSA) is 79.9 Å². The predicted octanol–water partition coefficient (Wildman–Crippen LogP) is 2.61. The number of fused-ring (bicyclic) bond motifs is 1. The summed E-state index contributed by atoms with van der Waals surface area (Å²) in [4.78, 5) is 23.9. The molecule has 122 valence electrons. The van der Waals surface area contributed by atoms with Crippen LogP contribution in [0.15, 0.2) is 49.1 Å². The Morgan fingerprint density at radius 1 is 1.25 bits per heavy atom. The molecule has 2 atom stereocenters. The number of hydrogen-bond donors (Lipinski definition) is 2. The first-order valence-electron chi connectivity index (χ1n) is 8.05. The van der Waals surface area contributed by atoms with Crippen LogP contribution in [0.2, 0.25) is 0 Å². The van der Waals surface area contributed by atoms with Crippen molar-refractivity contribution in [2.45, 2.75) is 25.0 Å². The summed E-state index contributed by atoms with van der Waals surface area (Å²) < 4.78 is 5.82. The molecule has 1 aliphatic rings. The molecule has 0 saturated carbocycles. The van der Waals surface area contributed by atoms with Gasteiger partial charge in [0.25, 0.3) is 5.91 Å². The van der Waals surface area contributed by atoms with Crippen LogP contribution < -0.4 is 5.32 Å². The maximum atomic E-state index is 12.5. The molecule has 1 amide bonds. The summed E-state index contributed by atoms with van der Waals surface area (Å²) >= 11 is 0. The van der Waals surface area contributed by atoms with Crippen molar-refractivity contribution in [1.82, 2.24) is 20.3 Å². The second-order valence-electron chi connectivity index (χ2n) is 5.99. The molecule has 0 unspecified atom stereocenters. The van der Waals surface area contributed by atoms with Crippen LogP contribution in [0.25, 0.3) is 10.9 Å². The Labute approximate surface area is 139 Å². The molecule has 4 heterocycles. The maximum Gasteiger partial charge on any atom is 0.267 e. The van der Waals surface area contributed by atoms with Crippen molar-refractivity contribution >= 4 is 16.8 Å². The molecule has 1 saturated heterocycles. The molecule has 3 aromatic rings. The summed E-state index contributed by atoms with van der Waals surface area (Å²) in [6, 6.07) is 7.68. The summed E-state index contributed by atoms with van der Waals surface area (Å²) in [6.45, 7) is 0.626. The second kappa shape index (κ2) is 6.41. The fourth-order valence-electron chi connectivity index (χ4n) is 3.08. The highest BCUT2D eigenvalue weighted by atomic mass is 16.5. The number of H-pyrrole nitrogens is 1. The monoisotopic (exact) mass is 322 g/mol. The number of amides is 1. The van der Waals surface area contributed by atoms with E-state index in [1.807, 2.05) is 30.5 Å². The van der Waals surface area contributed by atoms with Gasteiger partial charge < -0.3 is 15.0 Å². The lowest BCUT2D eigenvalue weighted by atomic mass is 9.98. The Balaban J connectivity index is 1.45. The van der Waals surface area contributed by atoms with Crippen LogP contribution in [0.4, 0.5) is 0 Å². The molecule has 1 aliphatic heterocycles. The predicted molar refractivity (Wildman–Crippen MR) is 89.5 cm³/mol. The van der Waals surface area contributed by atoms with Gasteiger partial charge in [-0.05, 0) is 36.6 Å². The third-order valence-corrected chi connectivity index (χ3v) is 4.34. The molecular weight excluding hydrogens is 304 g/mol. The van der Waals surface area contributed by atoms with Crippen LogP contribution in [-0.4, -0.2) is 33.5 Å². The number of carbonyl (C=O) groups is 1. The summed E-state index contributed by atoms with van der Waals surface area (Å²) in [5.41, 5.74) is 2.52. The van der Waals surface area contributed by atoms with Crippen molar-refractivity contribution in [2.75, 3.05) is 6.61 Å². The zero-order chi connectivity index (χ0) is 16.4. The lowest BCUT2D eigenvalue weighted by Crippen LogP contribution is -2.40. The van der Waals surface area contributed by atoms with Crippen molar-refractivity contribution < 1.29 is 9.53 Å². The number of aromatic nitrogens is 3. The number of ether oxygens (including phenoxy) is 1. The Hall–Kier alpha value is -2.73. The first-order chi connectivity index (χ1) is 11.8. The van der Waals surface area contributed by atoms with Crippen LogP contribution >= 0.6 is 0 Å². The first kappa shape index (κ1) is 14.8. The number of pyridine rings is 2. The molecule has 6 nitrogen and oxygen atoms in total. The van der Waals surface area contributed by atoms with Crippen molar-refractivity contribution in [3.63, 3.8) is 0 Å². The third-order valence-electron chi connectivity index (χ3n) is 4.34. The minimum atomic E-state index is -0.0944. The smallest absolute Gasteiger partial charge is 0.267 e. The van der Waals surface area contributed by atoms with E-state index in [0.29, 0.717) is 12.3 Å². The van der Waals surface area contributed by atoms with E-state index in [4.69, 9.17) is 4.74 Å². The molecule has 4 rings (SSSR count). The van der Waals surface area contributed by atoms with Gasteiger partial charge in [0.15, 0.2) is 0 Å². The van der Waals surface area contributed by atoms with Gasteiger partial charge in [-0.15, -0.1) is 0 Å². The van der Waals surface area contributed by atoms with Gasteiger partial charge in [0.2, 0.25) is 0 Å². The molecule has 0 radical (unpaired) electrons. The van der Waals surface area contributed by atoms with Crippen LogP contribution in [0.1, 0.15) is 35.0 Å². The number of hydrogen-bond acceptors (Lipinski definition) is 4. The average molecular weight is 322 g/mol. The number of nitrogens with one attached hydrogen (secondary N) is 2. The third kappa shape index (κ3) is 3.00. The van der Waals surface area contributed by atoms with Crippen molar-refractivity contribution in [2.24, 2.45) is 0 Å². The highest BCUT2D eigenvalue weighted by Gasteiger charge is 2.25. The van der Waals surface area contributed by atoms with Crippen LogP contribution in [0.3, 0.4) is 0 Å². The van der Waals surface area contributed by atoms with E-state index in [1.165, 1.54) is 0 Å². The fourth-order valence-corrected chi connectivity index (χ4v) is 3.08. The highest BCUT2D eigenvalue weighted by molar-refractivity contribution is 5.97. The van der Waals surface area contributed by atoms with E-state index in [9.17, 15) is 4.79 Å². The van der Waals surface area contributed by atoms with Crippen LogP contribution in [-0.2, 0) is 4.74 Å². The fraction of sp³-hybridized carbons (Fsp3) is 0.278. The molecule has 24 heavy (non-hydrogen) atoms. The summed E-state index contributed by atoms with van der Waals surface area (Å²) in [5.74, 6) is -0.0944. The Morgan fingerprint density at radius 2 is 2.17 bits per heavy atom. The average Bonchev–Trinajstić information content (AvgIpc) is 3.07. The zero-order valence-electron chi connectivity index (χ0n) is 13.1. The number of nitrogens with zero attached hydrogens (tertiary/aromatic N) is 2. The quantitative estimate of drug-likeness (QED) is 0.777. The number of aromatic amines is 1. The molecule has 0 aliphatic carbocycles. The summed E-state index contributed by atoms with van der Waals surface area (Å²) in [5, 5.41) is 4.04. The second-order valence-corrected chi connectivity index (χ2v) is 5.99. The van der Waals surface area contributed by atoms with E-state index in [0.717, 1.165) is 29.3 Å². The van der Waals surface area contributed by atoms with Crippen LogP contribution in [0.5, 0.6) is 0 Å². The van der Waals surface area contributed by atoms with Crippen LogP contribution in [0, 0.1) is 0 Å². The van der Waals surface area contributed by atoms with E-state index in [1.54, 1.807) is 18.6 Å². The van der Waals surface area contributed by atoms with Gasteiger partial charge in [0.05, 0.1) is 6.10 Å². The minimum Gasteiger partial charge on any atom is -0.373 e. The van der Waals surface area contributed by atoms with Gasteiger partial charge in [-0.3, -0.25) is 14.8 Å². The van der Waals surface area contributed by atoms with Gasteiger partial charge >= 0.3 is 0 Å². The van der Waals surface area contributed by atoms with E-state index >= 15 is 0 Å². The van der Waals surface area contributed by atoms with Gasteiger partial charge in [-0.1, -0.05) is 6.07 Å². The highest BCUT2D eigenvalue weighted by Crippen LogP contribution is 2.27. The van der Waals surface area contributed by atoms with Crippen molar-refractivity contribution in [1.29, 1.82) is 0 Å². The van der Waals surface area contributed by atoms with Crippen molar-refractivity contribution in [3.05, 3.63) is 60.3 Å². The molecule has 0 bridgehead atoms. The van der Waals surface area contributed by atoms with Crippen molar-refractivity contribution in [3.8, 4) is 0 Å². The first-order valence-corrected chi connectivity index (χ1v) is 8.05. The largest absolute Gasteiger partial charge is 0.373 e. The standard InChI is InChI=1S/C18H18N4O2/c23-18(16-8-13-11-20-6-3-15(13)22-16)21-14-4-7-24-17(9-14)12-2-1-5-19-10-12/h1-3,5-6,8,10-11,14,17,22H,4,7,9H2,(H,21,23)/t14-,17-/m1/s1. The summed E-state index contributed by atoms with van der Waals surface area (Å²) in [6.07, 6.45) is 8.55. The van der Waals surface area contributed by atoms with Gasteiger partial charge in [-0.2, -0.15) is 0 Å². The molecule has 2 N–H and O–H groups in total. The molecule has 0 spiro atoms. The summed E-state index contributed by atoms with van der Waals surface area (Å²) in [7, 11) is 0. The zero-order valence-corrected chi connectivity index (χ0v) is 13.1. The van der Waals surface area contributed by atoms with Gasteiger partial charge in [-0.25, -0.2) is 0 Å². The SMILES string of the molecule is O=C(N[C@@H]1CCO[C@@H](c2cccnc2)C1)c1cc2cnccc2[nH]1. The Bertz CT molecular complexity index is 813. The maximum absolute atomic E-state index is 12.5. The molecule has 6 heteroatoms.